The van der Waals surface area contributed by atoms with E-state index in [2.05, 4.69) is 24.3 Å². The van der Waals surface area contributed by atoms with Gasteiger partial charge in [-0.3, -0.25) is 9.28 Å². The van der Waals surface area contributed by atoms with Crippen LogP contribution in [0.3, 0.4) is 0 Å². The first kappa shape index (κ1) is 13.4. The van der Waals surface area contributed by atoms with E-state index >= 15 is 0 Å². The molecule has 0 bridgehead atoms. The van der Waals surface area contributed by atoms with Crippen molar-refractivity contribution >= 4 is 23.3 Å². The highest BCUT2D eigenvalue weighted by Crippen LogP contribution is 2.32. The van der Waals surface area contributed by atoms with Gasteiger partial charge in [-0.1, -0.05) is 12.1 Å². The molecule has 1 aromatic carbocycles. The van der Waals surface area contributed by atoms with Crippen LogP contribution in [0.5, 0.6) is 0 Å². The summed E-state index contributed by atoms with van der Waals surface area (Å²) in [4.78, 5) is 10.4. The van der Waals surface area contributed by atoms with Gasteiger partial charge in [0.1, 0.15) is 18.8 Å². The highest BCUT2D eigenvalue weighted by Gasteiger charge is 2.43. The highest BCUT2D eigenvalue weighted by molar-refractivity contribution is 6.18. The molecule has 1 aliphatic heterocycles. The number of halogens is 1. The molecule has 0 spiro atoms. The number of aryl methyl sites for hydroxylation is 1. The normalized spacial score (nSPS) is 16.5. The monoisotopic (exact) mass is 268 g/mol. The van der Waals surface area contributed by atoms with Crippen molar-refractivity contribution in [2.24, 2.45) is 0 Å². The number of carboxylic acids is 1. The molecule has 1 saturated heterocycles. The zero-order valence-corrected chi connectivity index (χ0v) is 11.2. The second-order valence-corrected chi connectivity index (χ2v) is 5.30. The van der Waals surface area contributed by atoms with Gasteiger partial charge in [-0.15, -0.1) is 11.6 Å². The molecular weight excluding hydrogens is 250 g/mol. The largest absolute Gasteiger partial charge is 0.481 e. The first-order chi connectivity index (χ1) is 8.66. The second-order valence-electron chi connectivity index (χ2n) is 4.92. The molecule has 1 heterocycles. The van der Waals surface area contributed by atoms with Gasteiger partial charge >= 0.3 is 5.97 Å². The second kappa shape index (κ2) is 5.72. The Hall–Kier alpha value is -1.06. The van der Waals surface area contributed by atoms with E-state index in [4.69, 9.17) is 16.7 Å². The van der Waals surface area contributed by atoms with Gasteiger partial charge in [0, 0.05) is 6.42 Å². The predicted molar refractivity (Wildman–Crippen MR) is 74.1 cm³/mol. The minimum Gasteiger partial charge on any atom is -0.481 e. The lowest BCUT2D eigenvalue weighted by Gasteiger charge is -2.16. The number of quaternary nitrogens is 1. The molecule has 0 radical (unpaired) electrons. The van der Waals surface area contributed by atoms with Crippen molar-refractivity contribution in [1.82, 2.24) is 4.48 Å². The van der Waals surface area contributed by atoms with Crippen molar-refractivity contribution in [2.75, 3.05) is 25.5 Å². The van der Waals surface area contributed by atoms with E-state index in [-0.39, 0.29) is 6.42 Å². The van der Waals surface area contributed by atoms with Gasteiger partial charge in [-0.05, 0) is 30.5 Å². The molecule has 1 aliphatic rings. The Bertz CT molecular complexity index is 412. The molecule has 0 aliphatic carbocycles. The lowest BCUT2D eigenvalue weighted by Crippen LogP contribution is -2.28. The molecule has 1 aromatic rings. The minimum atomic E-state index is -0.720. The maximum absolute atomic E-state index is 10.4. The van der Waals surface area contributed by atoms with Crippen molar-refractivity contribution in [3.05, 3.63) is 29.8 Å². The Morgan fingerprint density at radius 1 is 1.28 bits per heavy atom. The summed E-state index contributed by atoms with van der Waals surface area (Å²) >= 11 is 5.83. The highest BCUT2D eigenvalue weighted by atomic mass is 35.5. The smallest absolute Gasteiger partial charge is 0.303 e. The lowest BCUT2D eigenvalue weighted by molar-refractivity contribution is -0.137. The van der Waals surface area contributed by atoms with Gasteiger partial charge in [0.05, 0.1) is 12.4 Å². The summed E-state index contributed by atoms with van der Waals surface area (Å²) in [5, 5.41) is 8.59. The maximum Gasteiger partial charge on any atom is 0.303 e. The SMILES string of the molecule is O=C(O)CCCc1ccc([N+]2(CCCl)CC2)cc1. The number of benzene rings is 1. The van der Waals surface area contributed by atoms with Gasteiger partial charge in [0.2, 0.25) is 0 Å². The number of nitrogens with zero attached hydrogens (tertiary/aromatic N) is 1. The van der Waals surface area contributed by atoms with Crippen molar-refractivity contribution in [2.45, 2.75) is 19.3 Å². The topological polar surface area (TPSA) is 37.3 Å². The van der Waals surface area contributed by atoms with Crippen LogP contribution in [0.2, 0.25) is 0 Å². The van der Waals surface area contributed by atoms with Gasteiger partial charge in [0.25, 0.3) is 0 Å². The fourth-order valence-electron chi connectivity index (χ4n) is 2.32. The molecule has 0 amide bonds. The molecule has 4 heteroatoms. The Kier molecular flexibility index (Phi) is 4.25. The molecule has 18 heavy (non-hydrogen) atoms. The number of hydrogen-bond acceptors (Lipinski definition) is 1. The summed E-state index contributed by atoms with van der Waals surface area (Å²) in [6.45, 7) is 3.37. The molecule has 0 saturated carbocycles. The molecule has 0 unspecified atom stereocenters. The summed E-state index contributed by atoms with van der Waals surface area (Å²) in [5.41, 5.74) is 2.54. The van der Waals surface area contributed by atoms with Crippen LogP contribution in [0.4, 0.5) is 5.69 Å². The van der Waals surface area contributed by atoms with Crippen LogP contribution in [0.25, 0.3) is 0 Å². The number of hydrogen-bond donors (Lipinski definition) is 1. The first-order valence-electron chi connectivity index (χ1n) is 6.40. The van der Waals surface area contributed by atoms with E-state index in [1.54, 1.807) is 0 Å². The number of alkyl halides is 1. The van der Waals surface area contributed by atoms with Crippen molar-refractivity contribution in [3.63, 3.8) is 0 Å². The third-order valence-corrected chi connectivity index (χ3v) is 3.79. The third-order valence-electron chi connectivity index (χ3n) is 3.62. The quantitative estimate of drug-likeness (QED) is 0.469. The standard InChI is InChI=1S/C14H18ClNO2/c15-8-9-16(10-11-16)13-6-4-12(5-7-13)2-1-3-14(17)18/h4-7H,1-3,8-11H2/p+1. The van der Waals surface area contributed by atoms with Crippen LogP contribution in [0, 0.1) is 0 Å². The summed E-state index contributed by atoms with van der Waals surface area (Å²) in [6, 6.07) is 8.55. The van der Waals surface area contributed by atoms with Crippen LogP contribution >= 0.6 is 11.6 Å². The molecule has 3 nitrogen and oxygen atoms in total. The van der Waals surface area contributed by atoms with E-state index < -0.39 is 5.97 Å². The van der Waals surface area contributed by atoms with Crippen LogP contribution in [-0.4, -0.2) is 36.6 Å². The molecule has 0 atom stereocenters. The van der Waals surface area contributed by atoms with Crippen molar-refractivity contribution < 1.29 is 9.90 Å². The summed E-state index contributed by atoms with van der Waals surface area (Å²) in [6.07, 6.45) is 1.78. The Balaban J connectivity index is 1.91. The number of carboxylic acid groups (broad SMARTS) is 1. The molecule has 98 valence electrons. The van der Waals surface area contributed by atoms with E-state index in [0.717, 1.165) is 17.4 Å². The van der Waals surface area contributed by atoms with Crippen LogP contribution in [0.15, 0.2) is 24.3 Å². The lowest BCUT2D eigenvalue weighted by atomic mass is 10.1. The fraction of sp³-hybridized carbons (Fsp3) is 0.500. The van der Waals surface area contributed by atoms with Gasteiger partial charge < -0.3 is 5.11 Å². The summed E-state index contributed by atoms with van der Waals surface area (Å²) in [7, 11) is 0. The van der Waals surface area contributed by atoms with Crippen LogP contribution in [0.1, 0.15) is 18.4 Å². The maximum atomic E-state index is 10.4. The average molecular weight is 269 g/mol. The molecule has 1 N–H and O–H groups in total. The predicted octanol–water partition coefficient (Wildman–Crippen LogP) is 2.65. The van der Waals surface area contributed by atoms with Crippen LogP contribution in [-0.2, 0) is 11.2 Å². The first-order valence-corrected chi connectivity index (χ1v) is 6.93. The number of carbonyl (C=O) groups is 1. The van der Waals surface area contributed by atoms with Gasteiger partial charge in [-0.25, -0.2) is 0 Å². The third kappa shape index (κ3) is 3.24. The molecular formula is C14H19ClNO2+. The average Bonchev–Trinajstić information content (AvgIpc) is 3.11. The Labute approximate surface area is 113 Å². The summed E-state index contributed by atoms with van der Waals surface area (Å²) in [5.74, 6) is -0.0253. The Morgan fingerprint density at radius 3 is 2.44 bits per heavy atom. The van der Waals surface area contributed by atoms with Crippen LogP contribution < -0.4 is 4.48 Å². The zero-order chi connectivity index (χ0) is 13.0. The van der Waals surface area contributed by atoms with E-state index in [1.165, 1.54) is 24.3 Å². The van der Waals surface area contributed by atoms with E-state index in [9.17, 15) is 4.79 Å². The molecule has 2 rings (SSSR count). The minimum absolute atomic E-state index is 0.244. The van der Waals surface area contributed by atoms with Crippen molar-refractivity contribution in [1.29, 1.82) is 0 Å². The fourth-order valence-corrected chi connectivity index (χ4v) is 2.64. The summed E-state index contributed by atoms with van der Waals surface area (Å²) < 4.78 is 1.01. The number of rotatable bonds is 7. The molecule has 0 aromatic heterocycles. The van der Waals surface area contributed by atoms with Gasteiger partial charge in [0.15, 0.2) is 0 Å². The van der Waals surface area contributed by atoms with Crippen molar-refractivity contribution in [3.8, 4) is 0 Å². The van der Waals surface area contributed by atoms with Gasteiger partial charge in [-0.2, -0.15) is 0 Å². The van der Waals surface area contributed by atoms with E-state index in [1.807, 2.05) is 0 Å². The van der Waals surface area contributed by atoms with E-state index in [0.29, 0.717) is 12.3 Å². The number of aliphatic carboxylic acids is 1. The Morgan fingerprint density at radius 2 is 1.94 bits per heavy atom. The molecule has 1 fully saturated rings. The zero-order valence-electron chi connectivity index (χ0n) is 10.4.